The van der Waals surface area contributed by atoms with Gasteiger partial charge in [-0.1, -0.05) is 6.07 Å². The summed E-state index contributed by atoms with van der Waals surface area (Å²) < 4.78 is 19.4. The Hall–Kier alpha value is -1.42. The van der Waals surface area contributed by atoms with Crippen molar-refractivity contribution in [3.05, 3.63) is 35.1 Å². The Kier molecular flexibility index (Phi) is 3.50. The molecule has 2 heterocycles. The van der Waals surface area contributed by atoms with Crippen molar-refractivity contribution in [1.29, 1.82) is 0 Å². The number of fused-ring (bicyclic) bond motifs is 1. The van der Waals surface area contributed by atoms with E-state index in [0.717, 1.165) is 19.4 Å². The van der Waals surface area contributed by atoms with E-state index in [-0.39, 0.29) is 23.9 Å². The first-order chi connectivity index (χ1) is 9.54. The van der Waals surface area contributed by atoms with Gasteiger partial charge in [0.2, 0.25) is 0 Å². The second-order valence-corrected chi connectivity index (χ2v) is 5.98. The Balaban J connectivity index is 1.73. The molecule has 0 bridgehead atoms. The van der Waals surface area contributed by atoms with Gasteiger partial charge in [0, 0.05) is 18.7 Å². The molecular weight excluding hydrogens is 257 g/mol. The van der Waals surface area contributed by atoms with Crippen molar-refractivity contribution in [2.75, 3.05) is 13.1 Å². The minimum atomic E-state index is -0.323. The number of rotatable bonds is 1. The highest BCUT2D eigenvalue weighted by atomic mass is 19.1. The number of carbonyl (C=O) groups excluding carboxylic acids is 1. The zero-order chi connectivity index (χ0) is 14.3. The number of ether oxygens (including phenoxy) is 1. The highest BCUT2D eigenvalue weighted by molar-refractivity contribution is 5.94. The van der Waals surface area contributed by atoms with Crippen LogP contribution in [0, 0.1) is 18.7 Å². The number of piperidine rings is 1. The Bertz CT molecular complexity index is 531. The molecule has 3 rings (SSSR count). The number of carbonyl (C=O) groups is 1. The van der Waals surface area contributed by atoms with Gasteiger partial charge in [-0.05, 0) is 50.3 Å². The van der Waals surface area contributed by atoms with Gasteiger partial charge in [0.1, 0.15) is 5.82 Å². The molecule has 1 amide bonds. The lowest BCUT2D eigenvalue weighted by molar-refractivity contribution is 0.00155. The maximum Gasteiger partial charge on any atom is 0.254 e. The fourth-order valence-electron chi connectivity index (χ4n) is 3.26. The third-order valence-electron chi connectivity index (χ3n) is 4.44. The van der Waals surface area contributed by atoms with E-state index in [1.807, 2.05) is 0 Å². The maximum atomic E-state index is 13.6. The molecule has 3 atom stereocenters. The van der Waals surface area contributed by atoms with E-state index in [9.17, 15) is 9.18 Å². The van der Waals surface area contributed by atoms with Gasteiger partial charge in [0.15, 0.2) is 0 Å². The standard InChI is InChI=1S/C16H20FNO2/c1-10-3-4-13(8-14(10)17)16(19)18-6-5-12-7-11(2)20-15(12)9-18/h3-4,8,11-12,15H,5-7,9H2,1-2H3/t11-,12-,15+/m1/s1. The van der Waals surface area contributed by atoms with Crippen LogP contribution in [0.5, 0.6) is 0 Å². The minimum Gasteiger partial charge on any atom is -0.373 e. The monoisotopic (exact) mass is 277 g/mol. The van der Waals surface area contributed by atoms with Gasteiger partial charge in [-0.25, -0.2) is 4.39 Å². The van der Waals surface area contributed by atoms with E-state index in [1.165, 1.54) is 6.07 Å². The van der Waals surface area contributed by atoms with Gasteiger partial charge < -0.3 is 9.64 Å². The van der Waals surface area contributed by atoms with E-state index < -0.39 is 0 Å². The molecule has 2 aliphatic heterocycles. The predicted octanol–water partition coefficient (Wildman–Crippen LogP) is 2.77. The second kappa shape index (κ2) is 5.17. The molecule has 1 aromatic rings. The van der Waals surface area contributed by atoms with Crippen LogP contribution >= 0.6 is 0 Å². The number of benzene rings is 1. The van der Waals surface area contributed by atoms with Gasteiger partial charge >= 0.3 is 0 Å². The molecule has 0 saturated carbocycles. The van der Waals surface area contributed by atoms with Crippen LogP contribution in [-0.2, 0) is 4.74 Å². The van der Waals surface area contributed by atoms with Crippen LogP contribution in [0.2, 0.25) is 0 Å². The lowest BCUT2D eigenvalue weighted by atomic mass is 9.91. The molecule has 1 aromatic carbocycles. The lowest BCUT2D eigenvalue weighted by Crippen LogP contribution is -2.45. The van der Waals surface area contributed by atoms with Crippen LogP contribution in [0.3, 0.4) is 0 Å². The first-order valence-corrected chi connectivity index (χ1v) is 7.25. The quantitative estimate of drug-likeness (QED) is 0.790. The molecule has 0 radical (unpaired) electrons. The summed E-state index contributed by atoms with van der Waals surface area (Å²) in [4.78, 5) is 14.2. The molecule has 2 aliphatic rings. The number of hydrogen-bond donors (Lipinski definition) is 0. The van der Waals surface area contributed by atoms with Crippen LogP contribution in [-0.4, -0.2) is 36.1 Å². The largest absolute Gasteiger partial charge is 0.373 e. The zero-order valence-electron chi connectivity index (χ0n) is 11.9. The van der Waals surface area contributed by atoms with E-state index in [4.69, 9.17) is 4.74 Å². The number of aryl methyl sites for hydroxylation is 1. The maximum absolute atomic E-state index is 13.6. The van der Waals surface area contributed by atoms with E-state index >= 15 is 0 Å². The third-order valence-corrected chi connectivity index (χ3v) is 4.44. The summed E-state index contributed by atoms with van der Waals surface area (Å²) in [5.41, 5.74) is 0.991. The van der Waals surface area contributed by atoms with E-state index in [0.29, 0.717) is 23.6 Å². The second-order valence-electron chi connectivity index (χ2n) is 5.98. The molecule has 4 heteroatoms. The van der Waals surface area contributed by atoms with Crippen molar-refractivity contribution >= 4 is 5.91 Å². The third kappa shape index (κ3) is 2.44. The van der Waals surface area contributed by atoms with Crippen LogP contribution in [0.4, 0.5) is 4.39 Å². The minimum absolute atomic E-state index is 0.0921. The molecule has 0 unspecified atom stereocenters. The van der Waals surface area contributed by atoms with Crippen LogP contribution in [0.1, 0.15) is 35.7 Å². The molecule has 0 aliphatic carbocycles. The molecule has 20 heavy (non-hydrogen) atoms. The molecule has 2 saturated heterocycles. The first kappa shape index (κ1) is 13.6. The van der Waals surface area contributed by atoms with Crippen molar-refractivity contribution in [3.63, 3.8) is 0 Å². The molecule has 2 fully saturated rings. The summed E-state index contributed by atoms with van der Waals surface area (Å²) in [7, 11) is 0. The predicted molar refractivity (Wildman–Crippen MR) is 74.1 cm³/mol. The lowest BCUT2D eigenvalue weighted by Gasteiger charge is -2.34. The Morgan fingerprint density at radius 3 is 3.00 bits per heavy atom. The number of likely N-dealkylation sites (tertiary alicyclic amines) is 1. The van der Waals surface area contributed by atoms with Crippen LogP contribution < -0.4 is 0 Å². The molecular formula is C16H20FNO2. The Morgan fingerprint density at radius 2 is 2.25 bits per heavy atom. The number of hydrogen-bond acceptors (Lipinski definition) is 2. The highest BCUT2D eigenvalue weighted by Crippen LogP contribution is 2.33. The topological polar surface area (TPSA) is 29.5 Å². The summed E-state index contributed by atoms with van der Waals surface area (Å²) in [6.45, 7) is 5.15. The smallest absolute Gasteiger partial charge is 0.254 e. The number of halogens is 1. The molecule has 108 valence electrons. The summed E-state index contributed by atoms with van der Waals surface area (Å²) in [6, 6.07) is 4.69. The summed E-state index contributed by atoms with van der Waals surface area (Å²) in [5.74, 6) is 0.158. The summed E-state index contributed by atoms with van der Waals surface area (Å²) >= 11 is 0. The zero-order valence-corrected chi connectivity index (χ0v) is 11.9. The van der Waals surface area contributed by atoms with Crippen molar-refractivity contribution < 1.29 is 13.9 Å². The van der Waals surface area contributed by atoms with Crippen LogP contribution in [0.15, 0.2) is 18.2 Å². The van der Waals surface area contributed by atoms with Crippen molar-refractivity contribution in [1.82, 2.24) is 4.90 Å². The van der Waals surface area contributed by atoms with Gasteiger partial charge in [0.05, 0.1) is 12.2 Å². The molecule has 0 N–H and O–H groups in total. The summed E-state index contributed by atoms with van der Waals surface area (Å²) in [6.07, 6.45) is 2.51. The van der Waals surface area contributed by atoms with Crippen molar-refractivity contribution in [2.45, 2.75) is 38.9 Å². The summed E-state index contributed by atoms with van der Waals surface area (Å²) in [5, 5.41) is 0. The fraction of sp³-hybridized carbons (Fsp3) is 0.562. The SMILES string of the molecule is Cc1ccc(C(=O)N2CC[C@@H]3C[C@@H](C)O[C@H]3C2)cc1F. The highest BCUT2D eigenvalue weighted by Gasteiger charge is 2.38. The molecule has 3 nitrogen and oxygen atoms in total. The van der Waals surface area contributed by atoms with Crippen LogP contribution in [0.25, 0.3) is 0 Å². The molecule has 0 aromatic heterocycles. The average Bonchev–Trinajstić information content (AvgIpc) is 2.80. The number of nitrogens with zero attached hydrogens (tertiary/aromatic N) is 1. The van der Waals surface area contributed by atoms with Crippen molar-refractivity contribution in [3.8, 4) is 0 Å². The normalized spacial score (nSPS) is 29.4. The van der Waals surface area contributed by atoms with Gasteiger partial charge in [-0.15, -0.1) is 0 Å². The average molecular weight is 277 g/mol. The van der Waals surface area contributed by atoms with Gasteiger partial charge in [-0.3, -0.25) is 4.79 Å². The molecule has 0 spiro atoms. The van der Waals surface area contributed by atoms with E-state index in [1.54, 1.807) is 24.0 Å². The number of amides is 1. The van der Waals surface area contributed by atoms with Crippen molar-refractivity contribution in [2.24, 2.45) is 5.92 Å². The Morgan fingerprint density at radius 1 is 1.45 bits per heavy atom. The van der Waals surface area contributed by atoms with E-state index in [2.05, 4.69) is 6.92 Å². The van der Waals surface area contributed by atoms with Gasteiger partial charge in [0.25, 0.3) is 5.91 Å². The Labute approximate surface area is 118 Å². The fourth-order valence-corrected chi connectivity index (χ4v) is 3.26. The van der Waals surface area contributed by atoms with Gasteiger partial charge in [-0.2, -0.15) is 0 Å². The first-order valence-electron chi connectivity index (χ1n) is 7.25.